The Bertz CT molecular complexity index is 422. The number of ether oxygens (including phenoxy) is 1. The molecule has 2 aliphatic rings. The van der Waals surface area contributed by atoms with E-state index in [2.05, 4.69) is 21.4 Å². The Labute approximate surface area is 114 Å². The molecule has 2 fully saturated rings. The fraction of sp³-hybridized carbons (Fsp3) is 0.786. The minimum atomic E-state index is 0.0946. The summed E-state index contributed by atoms with van der Waals surface area (Å²) in [7, 11) is 4.06. The number of hydrogen-bond acceptors (Lipinski definition) is 5. The van der Waals surface area contributed by atoms with Gasteiger partial charge >= 0.3 is 0 Å². The Hall–Kier alpha value is -0.910. The van der Waals surface area contributed by atoms with Gasteiger partial charge in [-0.25, -0.2) is 0 Å². The van der Waals surface area contributed by atoms with Gasteiger partial charge in [-0.3, -0.25) is 0 Å². The molecule has 1 N–H and O–H groups in total. The second kappa shape index (κ2) is 5.23. The molecule has 1 aromatic rings. The van der Waals surface area contributed by atoms with Crippen LogP contribution in [0, 0.1) is 0 Å². The number of rotatable bonds is 6. The van der Waals surface area contributed by atoms with Crippen molar-refractivity contribution in [3.8, 4) is 0 Å². The first-order valence-electron chi connectivity index (χ1n) is 7.10. The van der Waals surface area contributed by atoms with E-state index >= 15 is 0 Å². The first-order chi connectivity index (χ1) is 9.15. The SMILES string of the molecule is CN(C)Cc1cc(CC2(NC3CCC3)COC2)no1. The van der Waals surface area contributed by atoms with Crippen molar-refractivity contribution in [2.45, 2.75) is 43.8 Å². The van der Waals surface area contributed by atoms with Gasteiger partial charge in [-0.2, -0.15) is 0 Å². The Kier molecular flexibility index (Phi) is 3.60. The van der Waals surface area contributed by atoms with Gasteiger partial charge in [-0.05, 0) is 26.9 Å². The summed E-state index contributed by atoms with van der Waals surface area (Å²) in [6.07, 6.45) is 4.85. The zero-order valence-corrected chi connectivity index (χ0v) is 11.8. The highest BCUT2D eigenvalue weighted by Gasteiger charge is 2.41. The third kappa shape index (κ3) is 2.99. The van der Waals surface area contributed by atoms with Crippen LogP contribution in [0.4, 0.5) is 0 Å². The molecule has 0 atom stereocenters. The molecule has 0 radical (unpaired) electrons. The molecule has 0 spiro atoms. The van der Waals surface area contributed by atoms with Crippen molar-refractivity contribution < 1.29 is 9.26 Å². The van der Waals surface area contributed by atoms with E-state index in [9.17, 15) is 0 Å². The van der Waals surface area contributed by atoms with Gasteiger partial charge in [-0.1, -0.05) is 11.6 Å². The monoisotopic (exact) mass is 265 g/mol. The third-order valence-electron chi connectivity index (χ3n) is 3.97. The van der Waals surface area contributed by atoms with Gasteiger partial charge in [-0.15, -0.1) is 0 Å². The van der Waals surface area contributed by atoms with Crippen LogP contribution in [0.5, 0.6) is 0 Å². The van der Waals surface area contributed by atoms with Crippen molar-refractivity contribution in [3.63, 3.8) is 0 Å². The first-order valence-corrected chi connectivity index (χ1v) is 7.10. The lowest BCUT2D eigenvalue weighted by Crippen LogP contribution is -2.65. The number of aromatic nitrogens is 1. The van der Waals surface area contributed by atoms with E-state index in [0.29, 0.717) is 6.04 Å². The fourth-order valence-electron chi connectivity index (χ4n) is 2.74. The van der Waals surface area contributed by atoms with E-state index in [0.717, 1.165) is 37.6 Å². The molecule has 1 aliphatic heterocycles. The van der Waals surface area contributed by atoms with Gasteiger partial charge in [0.1, 0.15) is 0 Å². The Balaban J connectivity index is 1.60. The molecule has 1 saturated carbocycles. The lowest BCUT2D eigenvalue weighted by atomic mass is 9.85. The molecule has 5 nitrogen and oxygen atoms in total. The third-order valence-corrected chi connectivity index (χ3v) is 3.97. The smallest absolute Gasteiger partial charge is 0.150 e. The van der Waals surface area contributed by atoms with Gasteiger partial charge < -0.3 is 19.5 Å². The molecule has 0 bridgehead atoms. The van der Waals surface area contributed by atoms with Crippen LogP contribution in [-0.4, -0.2) is 48.9 Å². The predicted octanol–water partition coefficient (Wildman–Crippen LogP) is 1.19. The molecule has 0 aromatic carbocycles. The molecule has 1 aliphatic carbocycles. The minimum absolute atomic E-state index is 0.0946. The molecular weight excluding hydrogens is 242 g/mol. The van der Waals surface area contributed by atoms with Crippen LogP contribution in [-0.2, 0) is 17.7 Å². The van der Waals surface area contributed by atoms with Crippen molar-refractivity contribution in [2.75, 3.05) is 27.3 Å². The average Bonchev–Trinajstić information content (AvgIpc) is 2.65. The van der Waals surface area contributed by atoms with Crippen molar-refractivity contribution >= 4 is 0 Å². The minimum Gasteiger partial charge on any atom is -0.377 e. The summed E-state index contributed by atoms with van der Waals surface area (Å²) in [5.74, 6) is 0.930. The molecule has 1 saturated heterocycles. The van der Waals surface area contributed by atoms with E-state index in [4.69, 9.17) is 9.26 Å². The van der Waals surface area contributed by atoms with Gasteiger partial charge in [0, 0.05) is 18.5 Å². The zero-order valence-electron chi connectivity index (χ0n) is 11.8. The number of nitrogens with one attached hydrogen (secondary N) is 1. The van der Waals surface area contributed by atoms with E-state index < -0.39 is 0 Å². The maximum Gasteiger partial charge on any atom is 0.150 e. The van der Waals surface area contributed by atoms with E-state index in [1.165, 1.54) is 19.3 Å². The normalized spacial score (nSPS) is 22.3. The summed E-state index contributed by atoms with van der Waals surface area (Å²) in [5, 5.41) is 7.94. The molecule has 5 heteroatoms. The van der Waals surface area contributed by atoms with Crippen molar-refractivity contribution in [2.24, 2.45) is 0 Å². The molecule has 3 rings (SSSR count). The molecule has 0 amide bonds. The molecule has 2 heterocycles. The molecule has 0 unspecified atom stereocenters. The predicted molar refractivity (Wildman–Crippen MR) is 71.9 cm³/mol. The standard InChI is InChI=1S/C14H23N3O2/c1-17(2)8-13-6-12(16-19-13)7-14(9-18-10-14)15-11-4-3-5-11/h6,11,15H,3-5,7-10H2,1-2H3. The zero-order chi connectivity index (χ0) is 13.3. The van der Waals surface area contributed by atoms with Crippen LogP contribution >= 0.6 is 0 Å². The highest BCUT2D eigenvalue weighted by molar-refractivity contribution is 5.13. The molecule has 19 heavy (non-hydrogen) atoms. The first kappa shape index (κ1) is 13.1. The van der Waals surface area contributed by atoms with Crippen molar-refractivity contribution in [3.05, 3.63) is 17.5 Å². The second-order valence-electron chi connectivity index (χ2n) is 6.24. The number of nitrogens with zero attached hydrogens (tertiary/aromatic N) is 2. The van der Waals surface area contributed by atoms with Crippen LogP contribution < -0.4 is 5.32 Å². The van der Waals surface area contributed by atoms with Gasteiger partial charge in [0.15, 0.2) is 5.76 Å². The quantitative estimate of drug-likeness (QED) is 0.837. The lowest BCUT2D eigenvalue weighted by Gasteiger charge is -2.46. The molecule has 1 aromatic heterocycles. The molecule has 106 valence electrons. The maximum atomic E-state index is 5.42. The van der Waals surface area contributed by atoms with Crippen LogP contribution in [0.15, 0.2) is 10.6 Å². The Morgan fingerprint density at radius 2 is 2.21 bits per heavy atom. The van der Waals surface area contributed by atoms with E-state index in [1.807, 2.05) is 14.1 Å². The molecular formula is C14H23N3O2. The summed E-state index contributed by atoms with van der Waals surface area (Å²) in [6, 6.07) is 2.75. The fourth-order valence-corrected chi connectivity index (χ4v) is 2.74. The van der Waals surface area contributed by atoms with Gasteiger partial charge in [0.2, 0.25) is 0 Å². The summed E-state index contributed by atoms with van der Waals surface area (Å²) in [6.45, 7) is 2.38. The van der Waals surface area contributed by atoms with Gasteiger partial charge in [0.25, 0.3) is 0 Å². The Morgan fingerprint density at radius 1 is 1.42 bits per heavy atom. The topological polar surface area (TPSA) is 50.5 Å². The summed E-state index contributed by atoms with van der Waals surface area (Å²) < 4.78 is 10.8. The van der Waals surface area contributed by atoms with Crippen LogP contribution in [0.3, 0.4) is 0 Å². The van der Waals surface area contributed by atoms with Crippen molar-refractivity contribution in [1.29, 1.82) is 0 Å². The Morgan fingerprint density at radius 3 is 2.74 bits per heavy atom. The van der Waals surface area contributed by atoms with Crippen LogP contribution in [0.1, 0.15) is 30.7 Å². The average molecular weight is 265 g/mol. The maximum absolute atomic E-state index is 5.42. The van der Waals surface area contributed by atoms with E-state index in [1.54, 1.807) is 0 Å². The lowest BCUT2D eigenvalue weighted by molar-refractivity contribution is -0.0838. The summed E-state index contributed by atoms with van der Waals surface area (Å²) >= 11 is 0. The van der Waals surface area contributed by atoms with Crippen LogP contribution in [0.2, 0.25) is 0 Å². The number of hydrogen-bond donors (Lipinski definition) is 1. The van der Waals surface area contributed by atoms with E-state index in [-0.39, 0.29) is 5.54 Å². The largest absolute Gasteiger partial charge is 0.377 e. The highest BCUT2D eigenvalue weighted by atomic mass is 16.5. The summed E-state index contributed by atoms with van der Waals surface area (Å²) in [4.78, 5) is 2.08. The highest BCUT2D eigenvalue weighted by Crippen LogP contribution is 2.28. The second-order valence-corrected chi connectivity index (χ2v) is 6.24. The van der Waals surface area contributed by atoms with Crippen LogP contribution in [0.25, 0.3) is 0 Å². The van der Waals surface area contributed by atoms with Gasteiger partial charge in [0.05, 0.1) is 31.0 Å². The summed E-state index contributed by atoms with van der Waals surface area (Å²) in [5.41, 5.74) is 1.13. The van der Waals surface area contributed by atoms with Crippen molar-refractivity contribution in [1.82, 2.24) is 15.4 Å².